The van der Waals surface area contributed by atoms with Crippen LogP contribution in [0.25, 0.3) is 0 Å². The molecule has 3 aromatic rings. The Balaban J connectivity index is 1.59. The molecule has 0 spiro atoms. The van der Waals surface area contributed by atoms with Crippen LogP contribution in [0.3, 0.4) is 0 Å². The van der Waals surface area contributed by atoms with E-state index < -0.39 is 0 Å². The van der Waals surface area contributed by atoms with Gasteiger partial charge in [0.1, 0.15) is 5.82 Å². The third-order valence-electron chi connectivity index (χ3n) is 3.25. The normalized spacial score (nSPS) is 10.6. The maximum atomic E-state index is 13.6. The van der Waals surface area contributed by atoms with Gasteiger partial charge in [-0.05, 0) is 42.8 Å². The molecule has 0 bridgehead atoms. The predicted molar refractivity (Wildman–Crippen MR) is 96.1 cm³/mol. The predicted octanol–water partition coefficient (Wildman–Crippen LogP) is 4.92. The second-order valence-electron chi connectivity index (χ2n) is 5.20. The SMILES string of the molecule is Cc1csc(Sc2ccc(NC(=O)Cc3ccccc3F)cc2)n1. The van der Waals surface area contributed by atoms with Crippen molar-refractivity contribution in [3.63, 3.8) is 0 Å². The Labute approximate surface area is 148 Å². The summed E-state index contributed by atoms with van der Waals surface area (Å²) in [4.78, 5) is 17.5. The highest BCUT2D eigenvalue weighted by Crippen LogP contribution is 2.30. The van der Waals surface area contributed by atoms with Crippen molar-refractivity contribution in [1.29, 1.82) is 0 Å². The Hall–Kier alpha value is -2.18. The highest BCUT2D eigenvalue weighted by molar-refractivity contribution is 8.01. The van der Waals surface area contributed by atoms with Crippen molar-refractivity contribution < 1.29 is 9.18 Å². The second kappa shape index (κ2) is 7.59. The molecule has 6 heteroatoms. The number of nitrogens with one attached hydrogen (secondary N) is 1. The van der Waals surface area contributed by atoms with Crippen molar-refractivity contribution >= 4 is 34.7 Å². The molecule has 122 valence electrons. The molecule has 0 atom stereocenters. The van der Waals surface area contributed by atoms with Crippen LogP contribution in [0.4, 0.5) is 10.1 Å². The van der Waals surface area contributed by atoms with E-state index in [1.165, 1.54) is 6.07 Å². The molecule has 1 aromatic heterocycles. The summed E-state index contributed by atoms with van der Waals surface area (Å²) in [6, 6.07) is 13.8. The number of aromatic nitrogens is 1. The van der Waals surface area contributed by atoms with Gasteiger partial charge in [0.15, 0.2) is 4.34 Å². The Morgan fingerprint density at radius 3 is 2.62 bits per heavy atom. The van der Waals surface area contributed by atoms with E-state index in [-0.39, 0.29) is 18.1 Å². The maximum Gasteiger partial charge on any atom is 0.228 e. The molecule has 0 saturated heterocycles. The number of benzene rings is 2. The van der Waals surface area contributed by atoms with Crippen LogP contribution in [0.5, 0.6) is 0 Å². The third kappa shape index (κ3) is 4.43. The van der Waals surface area contributed by atoms with Crippen molar-refractivity contribution in [2.75, 3.05) is 5.32 Å². The van der Waals surface area contributed by atoms with Gasteiger partial charge in [-0.25, -0.2) is 9.37 Å². The van der Waals surface area contributed by atoms with Crippen LogP contribution >= 0.6 is 23.1 Å². The van der Waals surface area contributed by atoms with Gasteiger partial charge < -0.3 is 5.32 Å². The lowest BCUT2D eigenvalue weighted by Crippen LogP contribution is -2.15. The highest BCUT2D eigenvalue weighted by Gasteiger charge is 2.08. The van der Waals surface area contributed by atoms with Crippen LogP contribution in [0.1, 0.15) is 11.3 Å². The van der Waals surface area contributed by atoms with E-state index in [1.807, 2.05) is 36.6 Å². The van der Waals surface area contributed by atoms with E-state index >= 15 is 0 Å². The zero-order valence-electron chi connectivity index (χ0n) is 13.0. The minimum atomic E-state index is -0.363. The topological polar surface area (TPSA) is 42.0 Å². The average Bonchev–Trinajstić information content (AvgIpc) is 2.96. The minimum Gasteiger partial charge on any atom is -0.326 e. The Bertz CT molecular complexity index is 846. The standard InChI is InChI=1S/C18H15FN2OS2/c1-12-11-23-18(20-12)24-15-8-6-14(7-9-15)21-17(22)10-13-4-2-3-5-16(13)19/h2-9,11H,10H2,1H3,(H,21,22). The van der Waals surface area contributed by atoms with Crippen molar-refractivity contribution in [3.8, 4) is 0 Å². The number of carbonyl (C=O) groups excluding carboxylic acids is 1. The van der Waals surface area contributed by atoms with Gasteiger partial charge in [0, 0.05) is 21.7 Å². The fraction of sp³-hybridized carbons (Fsp3) is 0.111. The fourth-order valence-electron chi connectivity index (χ4n) is 2.11. The van der Waals surface area contributed by atoms with E-state index in [0.29, 0.717) is 11.3 Å². The van der Waals surface area contributed by atoms with Gasteiger partial charge in [-0.3, -0.25) is 4.79 Å². The van der Waals surface area contributed by atoms with Crippen molar-refractivity contribution in [2.45, 2.75) is 22.6 Å². The van der Waals surface area contributed by atoms with E-state index in [9.17, 15) is 9.18 Å². The largest absolute Gasteiger partial charge is 0.326 e. The summed E-state index contributed by atoms with van der Waals surface area (Å²) in [6.45, 7) is 1.97. The van der Waals surface area contributed by atoms with E-state index in [1.54, 1.807) is 41.3 Å². The number of nitrogens with zero attached hydrogens (tertiary/aromatic N) is 1. The van der Waals surface area contributed by atoms with Crippen molar-refractivity contribution in [2.24, 2.45) is 0 Å². The van der Waals surface area contributed by atoms with E-state index in [2.05, 4.69) is 10.3 Å². The zero-order chi connectivity index (χ0) is 16.9. The third-order valence-corrected chi connectivity index (χ3v) is 5.31. The molecule has 0 radical (unpaired) electrons. The number of amides is 1. The molecule has 0 aliphatic carbocycles. The smallest absolute Gasteiger partial charge is 0.228 e. The minimum absolute atomic E-state index is 0.0154. The number of hydrogen-bond acceptors (Lipinski definition) is 4. The molecule has 0 aliphatic rings. The summed E-state index contributed by atoms with van der Waals surface area (Å²) < 4.78 is 14.6. The molecule has 3 rings (SSSR count). The first kappa shape index (κ1) is 16.7. The number of halogens is 1. The molecule has 0 unspecified atom stereocenters. The molecule has 0 aliphatic heterocycles. The summed E-state index contributed by atoms with van der Waals surface area (Å²) in [5, 5.41) is 4.80. The van der Waals surface area contributed by atoms with E-state index in [0.717, 1.165) is 14.9 Å². The molecular formula is C18H15FN2OS2. The van der Waals surface area contributed by atoms with Gasteiger partial charge in [-0.15, -0.1) is 11.3 Å². The summed E-state index contributed by atoms with van der Waals surface area (Å²) in [6.07, 6.45) is 0.0154. The average molecular weight is 358 g/mol. The first-order valence-corrected chi connectivity index (χ1v) is 9.03. The fourth-order valence-corrected chi connectivity index (χ4v) is 3.92. The number of anilines is 1. The van der Waals surface area contributed by atoms with Crippen LogP contribution in [0.2, 0.25) is 0 Å². The monoisotopic (exact) mass is 358 g/mol. The maximum absolute atomic E-state index is 13.6. The van der Waals surface area contributed by atoms with Gasteiger partial charge >= 0.3 is 0 Å². The number of hydrogen-bond donors (Lipinski definition) is 1. The lowest BCUT2D eigenvalue weighted by molar-refractivity contribution is -0.115. The lowest BCUT2D eigenvalue weighted by atomic mass is 10.1. The summed E-state index contributed by atoms with van der Waals surface area (Å²) >= 11 is 3.19. The molecule has 0 fully saturated rings. The van der Waals surface area contributed by atoms with Gasteiger partial charge in [0.25, 0.3) is 0 Å². The molecule has 3 nitrogen and oxygen atoms in total. The molecular weight excluding hydrogens is 343 g/mol. The molecule has 1 N–H and O–H groups in total. The molecule has 0 saturated carbocycles. The Kier molecular flexibility index (Phi) is 5.27. The first-order chi connectivity index (χ1) is 11.6. The Morgan fingerprint density at radius 1 is 1.21 bits per heavy atom. The molecule has 24 heavy (non-hydrogen) atoms. The number of rotatable bonds is 5. The summed E-state index contributed by atoms with van der Waals surface area (Å²) in [7, 11) is 0. The summed E-state index contributed by atoms with van der Waals surface area (Å²) in [5.74, 6) is -0.603. The van der Waals surface area contributed by atoms with Crippen molar-refractivity contribution in [1.82, 2.24) is 4.98 Å². The van der Waals surface area contributed by atoms with Gasteiger partial charge in [-0.1, -0.05) is 30.0 Å². The second-order valence-corrected chi connectivity index (χ2v) is 7.38. The Morgan fingerprint density at radius 2 is 1.96 bits per heavy atom. The highest BCUT2D eigenvalue weighted by atomic mass is 32.2. The summed E-state index contributed by atoms with van der Waals surface area (Å²) in [5.41, 5.74) is 2.09. The number of thiazole rings is 1. The van der Waals surface area contributed by atoms with Crippen molar-refractivity contribution in [3.05, 3.63) is 71.0 Å². The number of carbonyl (C=O) groups is 1. The molecule has 1 amide bonds. The quantitative estimate of drug-likeness (QED) is 0.704. The molecule has 1 heterocycles. The van der Waals surface area contributed by atoms with Crippen LogP contribution < -0.4 is 5.32 Å². The number of aryl methyl sites for hydroxylation is 1. The van der Waals surface area contributed by atoms with Crippen LogP contribution in [-0.4, -0.2) is 10.9 Å². The molecule has 2 aromatic carbocycles. The first-order valence-electron chi connectivity index (χ1n) is 7.33. The van der Waals surface area contributed by atoms with E-state index in [4.69, 9.17) is 0 Å². The van der Waals surface area contributed by atoms with Gasteiger partial charge in [-0.2, -0.15) is 0 Å². The van der Waals surface area contributed by atoms with Crippen LogP contribution in [0.15, 0.2) is 63.1 Å². The van der Waals surface area contributed by atoms with Crippen LogP contribution in [-0.2, 0) is 11.2 Å². The van der Waals surface area contributed by atoms with Gasteiger partial charge in [0.2, 0.25) is 5.91 Å². The zero-order valence-corrected chi connectivity index (χ0v) is 14.6. The lowest BCUT2D eigenvalue weighted by Gasteiger charge is -2.07. The van der Waals surface area contributed by atoms with Gasteiger partial charge in [0.05, 0.1) is 6.42 Å². The van der Waals surface area contributed by atoms with Crippen LogP contribution in [0, 0.1) is 12.7 Å².